The molecule has 0 fully saturated rings. The SMILES string of the molecule is CCC(Oc1ccccc1OC)C(=O)NC(C)c1ccc2c(c1)CCC2. The summed E-state index contributed by atoms with van der Waals surface area (Å²) in [6, 6.07) is 13.9. The Balaban J connectivity index is 1.67. The molecule has 0 radical (unpaired) electrons. The highest BCUT2D eigenvalue weighted by molar-refractivity contribution is 5.81. The van der Waals surface area contributed by atoms with Crippen molar-refractivity contribution in [2.75, 3.05) is 7.11 Å². The Morgan fingerprint density at radius 3 is 2.58 bits per heavy atom. The summed E-state index contributed by atoms with van der Waals surface area (Å²) in [5.41, 5.74) is 4.00. The molecule has 0 saturated carbocycles. The van der Waals surface area contributed by atoms with Gasteiger partial charge in [-0.25, -0.2) is 0 Å². The van der Waals surface area contributed by atoms with Crippen molar-refractivity contribution in [3.63, 3.8) is 0 Å². The second-order valence-corrected chi connectivity index (χ2v) is 6.78. The van der Waals surface area contributed by atoms with Gasteiger partial charge in [0, 0.05) is 0 Å². The van der Waals surface area contributed by atoms with Crippen LogP contribution in [0.5, 0.6) is 11.5 Å². The number of nitrogens with one attached hydrogen (secondary N) is 1. The number of ether oxygens (including phenoxy) is 2. The minimum Gasteiger partial charge on any atom is -0.493 e. The van der Waals surface area contributed by atoms with Gasteiger partial charge in [-0.2, -0.15) is 0 Å². The highest BCUT2D eigenvalue weighted by atomic mass is 16.5. The number of hydrogen-bond donors (Lipinski definition) is 1. The van der Waals surface area contributed by atoms with E-state index in [-0.39, 0.29) is 11.9 Å². The van der Waals surface area contributed by atoms with Gasteiger partial charge in [0.1, 0.15) is 0 Å². The lowest BCUT2D eigenvalue weighted by atomic mass is 10.0. The number of rotatable bonds is 7. The average Bonchev–Trinajstić information content (AvgIpc) is 3.13. The molecule has 1 amide bonds. The van der Waals surface area contributed by atoms with Crippen molar-refractivity contribution in [2.45, 2.75) is 51.7 Å². The summed E-state index contributed by atoms with van der Waals surface area (Å²) in [6.45, 7) is 3.96. The van der Waals surface area contributed by atoms with Crippen molar-refractivity contribution in [3.05, 3.63) is 59.2 Å². The van der Waals surface area contributed by atoms with Gasteiger partial charge >= 0.3 is 0 Å². The van der Waals surface area contributed by atoms with Crippen LogP contribution in [-0.4, -0.2) is 19.1 Å². The Bertz CT molecular complexity index is 772. The number of methoxy groups -OCH3 is 1. The van der Waals surface area contributed by atoms with E-state index in [1.165, 1.54) is 24.0 Å². The molecule has 138 valence electrons. The molecule has 0 aromatic heterocycles. The summed E-state index contributed by atoms with van der Waals surface area (Å²) in [4.78, 5) is 12.7. The van der Waals surface area contributed by atoms with Crippen LogP contribution in [0.15, 0.2) is 42.5 Å². The van der Waals surface area contributed by atoms with E-state index < -0.39 is 6.10 Å². The highest BCUT2D eigenvalue weighted by Crippen LogP contribution is 2.28. The largest absolute Gasteiger partial charge is 0.493 e. The lowest BCUT2D eigenvalue weighted by Crippen LogP contribution is -2.39. The molecule has 0 aliphatic heterocycles. The number of fused-ring (bicyclic) bond motifs is 1. The van der Waals surface area contributed by atoms with Gasteiger partial charge in [-0.15, -0.1) is 0 Å². The Hall–Kier alpha value is -2.49. The van der Waals surface area contributed by atoms with Gasteiger partial charge in [0.2, 0.25) is 0 Å². The smallest absolute Gasteiger partial charge is 0.261 e. The molecule has 2 atom stereocenters. The Morgan fingerprint density at radius 1 is 1.12 bits per heavy atom. The number of aryl methyl sites for hydroxylation is 2. The van der Waals surface area contributed by atoms with Crippen LogP contribution in [0, 0.1) is 0 Å². The molecule has 0 heterocycles. The van der Waals surface area contributed by atoms with Gasteiger partial charge < -0.3 is 14.8 Å². The molecule has 2 unspecified atom stereocenters. The van der Waals surface area contributed by atoms with Crippen molar-refractivity contribution in [1.82, 2.24) is 5.32 Å². The topological polar surface area (TPSA) is 47.6 Å². The molecule has 2 aromatic carbocycles. The molecule has 0 saturated heterocycles. The van der Waals surface area contributed by atoms with Crippen LogP contribution in [-0.2, 0) is 17.6 Å². The monoisotopic (exact) mass is 353 g/mol. The third-order valence-corrected chi connectivity index (χ3v) is 4.98. The zero-order chi connectivity index (χ0) is 18.5. The molecule has 1 aliphatic carbocycles. The lowest BCUT2D eigenvalue weighted by molar-refractivity contribution is -0.128. The van der Waals surface area contributed by atoms with Crippen molar-refractivity contribution in [2.24, 2.45) is 0 Å². The van der Waals surface area contributed by atoms with E-state index in [2.05, 4.69) is 23.5 Å². The zero-order valence-electron chi connectivity index (χ0n) is 15.7. The third kappa shape index (κ3) is 4.01. The maximum absolute atomic E-state index is 12.7. The Morgan fingerprint density at radius 2 is 1.85 bits per heavy atom. The molecule has 1 N–H and O–H groups in total. The summed E-state index contributed by atoms with van der Waals surface area (Å²) in [6.07, 6.45) is 3.56. The van der Waals surface area contributed by atoms with Crippen LogP contribution in [0.2, 0.25) is 0 Å². The van der Waals surface area contributed by atoms with E-state index in [4.69, 9.17) is 9.47 Å². The fourth-order valence-corrected chi connectivity index (χ4v) is 3.44. The van der Waals surface area contributed by atoms with Crippen molar-refractivity contribution < 1.29 is 14.3 Å². The highest BCUT2D eigenvalue weighted by Gasteiger charge is 2.22. The van der Waals surface area contributed by atoms with E-state index in [0.717, 1.165) is 12.0 Å². The fourth-order valence-electron chi connectivity index (χ4n) is 3.44. The molecule has 2 aromatic rings. The van der Waals surface area contributed by atoms with Crippen LogP contribution in [0.1, 0.15) is 49.4 Å². The second-order valence-electron chi connectivity index (χ2n) is 6.78. The van der Waals surface area contributed by atoms with E-state index in [1.54, 1.807) is 7.11 Å². The molecular formula is C22H27NO3. The van der Waals surface area contributed by atoms with E-state index in [0.29, 0.717) is 17.9 Å². The van der Waals surface area contributed by atoms with Crippen LogP contribution in [0.3, 0.4) is 0 Å². The van der Waals surface area contributed by atoms with E-state index >= 15 is 0 Å². The molecule has 3 rings (SSSR count). The predicted molar refractivity (Wildman–Crippen MR) is 103 cm³/mol. The second kappa shape index (κ2) is 8.26. The van der Waals surface area contributed by atoms with Crippen LogP contribution in [0.4, 0.5) is 0 Å². The lowest BCUT2D eigenvalue weighted by Gasteiger charge is -2.22. The number of amides is 1. The molecule has 1 aliphatic rings. The first kappa shape index (κ1) is 18.3. The quantitative estimate of drug-likeness (QED) is 0.811. The summed E-state index contributed by atoms with van der Waals surface area (Å²) in [7, 11) is 1.60. The number of benzene rings is 2. The van der Waals surface area contributed by atoms with Gasteiger partial charge in [0.15, 0.2) is 17.6 Å². The average molecular weight is 353 g/mol. The molecule has 4 nitrogen and oxygen atoms in total. The maximum Gasteiger partial charge on any atom is 0.261 e. The zero-order valence-corrected chi connectivity index (χ0v) is 15.7. The molecule has 26 heavy (non-hydrogen) atoms. The molecule has 0 spiro atoms. The number of carbonyl (C=O) groups is 1. The third-order valence-electron chi connectivity index (χ3n) is 4.98. The van der Waals surface area contributed by atoms with Crippen molar-refractivity contribution in [1.29, 1.82) is 0 Å². The Labute approximate surface area is 155 Å². The summed E-state index contributed by atoms with van der Waals surface area (Å²) in [5, 5.41) is 3.09. The van der Waals surface area contributed by atoms with Crippen molar-refractivity contribution in [3.8, 4) is 11.5 Å². The standard InChI is InChI=1S/C22H27NO3/c1-4-19(26-21-11-6-5-10-20(21)25-3)22(24)23-15(2)17-13-12-16-8-7-9-18(16)14-17/h5-6,10-15,19H,4,7-9H2,1-3H3,(H,23,24). The molecular weight excluding hydrogens is 326 g/mol. The van der Waals surface area contributed by atoms with E-state index in [1.807, 2.05) is 38.1 Å². The minimum absolute atomic E-state index is 0.0521. The predicted octanol–water partition coefficient (Wildman–Crippen LogP) is 4.22. The van der Waals surface area contributed by atoms with Crippen LogP contribution in [0.25, 0.3) is 0 Å². The summed E-state index contributed by atoms with van der Waals surface area (Å²) in [5.74, 6) is 1.11. The number of carbonyl (C=O) groups excluding carboxylic acids is 1. The van der Waals surface area contributed by atoms with Crippen LogP contribution < -0.4 is 14.8 Å². The van der Waals surface area contributed by atoms with Crippen molar-refractivity contribution >= 4 is 5.91 Å². The maximum atomic E-state index is 12.7. The van der Waals surface area contributed by atoms with Gasteiger partial charge in [-0.1, -0.05) is 37.3 Å². The number of hydrogen-bond acceptors (Lipinski definition) is 3. The molecule has 4 heteroatoms. The van der Waals surface area contributed by atoms with Gasteiger partial charge in [0.05, 0.1) is 13.2 Å². The number of para-hydroxylation sites is 2. The van der Waals surface area contributed by atoms with Crippen LogP contribution >= 0.6 is 0 Å². The van der Waals surface area contributed by atoms with Gasteiger partial charge in [-0.05, 0) is 61.4 Å². The summed E-state index contributed by atoms with van der Waals surface area (Å²) < 4.78 is 11.2. The summed E-state index contributed by atoms with van der Waals surface area (Å²) >= 11 is 0. The van der Waals surface area contributed by atoms with Gasteiger partial charge in [0.25, 0.3) is 5.91 Å². The normalized spacial score (nSPS) is 15.0. The minimum atomic E-state index is -0.553. The Kier molecular flexibility index (Phi) is 5.82. The van der Waals surface area contributed by atoms with Gasteiger partial charge in [-0.3, -0.25) is 4.79 Å². The fraction of sp³-hybridized carbons (Fsp3) is 0.409. The first-order valence-corrected chi connectivity index (χ1v) is 9.34. The molecule has 0 bridgehead atoms. The first-order chi connectivity index (χ1) is 12.6. The van der Waals surface area contributed by atoms with E-state index in [9.17, 15) is 4.79 Å². The first-order valence-electron chi connectivity index (χ1n) is 9.34.